The van der Waals surface area contributed by atoms with Crippen LogP contribution in [0.2, 0.25) is 0 Å². The Bertz CT molecular complexity index is 1310. The summed E-state index contributed by atoms with van der Waals surface area (Å²) in [7, 11) is 0. The summed E-state index contributed by atoms with van der Waals surface area (Å²) in [6.45, 7) is 11.1. The fraction of sp³-hybridized carbons (Fsp3) is 0.429. The van der Waals surface area contributed by atoms with Crippen molar-refractivity contribution in [2.45, 2.75) is 51.2 Å². The molecule has 2 aliphatic rings. The van der Waals surface area contributed by atoms with Crippen molar-refractivity contribution in [1.29, 1.82) is 0 Å². The summed E-state index contributed by atoms with van der Waals surface area (Å²) in [5.41, 5.74) is 3.13. The van der Waals surface area contributed by atoms with Gasteiger partial charge in [0.1, 0.15) is 5.65 Å². The lowest BCUT2D eigenvalue weighted by molar-refractivity contribution is -0.128. The van der Waals surface area contributed by atoms with Gasteiger partial charge in [-0.2, -0.15) is 4.98 Å². The molecule has 1 saturated carbocycles. The number of benzene rings is 1. The van der Waals surface area contributed by atoms with Gasteiger partial charge in [-0.05, 0) is 49.5 Å². The molecular formula is C28H34N6O2. The van der Waals surface area contributed by atoms with E-state index in [4.69, 9.17) is 4.98 Å². The number of rotatable bonds is 8. The van der Waals surface area contributed by atoms with Crippen molar-refractivity contribution in [3.05, 3.63) is 76.7 Å². The second-order valence-corrected chi connectivity index (χ2v) is 9.77. The van der Waals surface area contributed by atoms with E-state index < -0.39 is 0 Å². The van der Waals surface area contributed by atoms with Gasteiger partial charge in [-0.25, -0.2) is 4.98 Å². The molecule has 0 radical (unpaired) electrons. The highest BCUT2D eigenvalue weighted by Gasteiger charge is 2.27. The second-order valence-electron chi connectivity index (χ2n) is 9.77. The largest absolute Gasteiger partial charge is 0.348 e. The van der Waals surface area contributed by atoms with Crippen LogP contribution in [0.3, 0.4) is 0 Å². The number of aromatic nitrogens is 3. The molecule has 3 aromatic rings. The van der Waals surface area contributed by atoms with Gasteiger partial charge < -0.3 is 10.2 Å². The maximum Gasteiger partial charge on any atom is 0.252 e. The number of carbonyl (C=O) groups excluding carboxylic acids is 1. The fourth-order valence-electron chi connectivity index (χ4n) is 5.17. The molecule has 2 aromatic heterocycles. The fourth-order valence-corrected chi connectivity index (χ4v) is 5.17. The summed E-state index contributed by atoms with van der Waals surface area (Å²) < 4.78 is 1.81. The van der Waals surface area contributed by atoms with E-state index >= 15 is 0 Å². The standard InChI is InChI=1S/C28H34N6O2/c1-4-24(32-14-16-33(17-15-32)25(35)5-2)21-8-6-20(7-9-21)19(3)30-28-29-18-22-10-13-26(36)34(23-11-12-23)27(22)31-28/h5-10,13,18-19,23-24H,2,4,11-12,14-17H2,1,3H3,(H,29,30,31)/t19-,24?/m0/s1. The molecule has 5 rings (SSSR count). The summed E-state index contributed by atoms with van der Waals surface area (Å²) in [5.74, 6) is 0.539. The van der Waals surface area contributed by atoms with E-state index in [0.717, 1.165) is 56.4 Å². The molecule has 8 nitrogen and oxygen atoms in total. The maximum absolute atomic E-state index is 12.4. The average Bonchev–Trinajstić information content (AvgIpc) is 3.74. The SMILES string of the molecule is C=CC(=O)N1CCN(C(CC)c2ccc([C@H](C)Nc3ncc4ccc(=O)n(C5CC5)c4n3)cc2)CC1. The first-order valence-electron chi connectivity index (χ1n) is 12.9. The zero-order valence-electron chi connectivity index (χ0n) is 21.1. The van der Waals surface area contributed by atoms with Crippen molar-refractivity contribution in [2.75, 3.05) is 31.5 Å². The Morgan fingerprint density at radius 3 is 2.44 bits per heavy atom. The highest BCUT2D eigenvalue weighted by atomic mass is 16.2. The van der Waals surface area contributed by atoms with Crippen molar-refractivity contribution >= 4 is 22.9 Å². The van der Waals surface area contributed by atoms with Crippen LogP contribution in [0.25, 0.3) is 11.0 Å². The molecule has 0 bridgehead atoms. The van der Waals surface area contributed by atoms with Gasteiger partial charge >= 0.3 is 0 Å². The maximum atomic E-state index is 12.4. The number of pyridine rings is 1. The minimum absolute atomic E-state index is 0.00233. The van der Waals surface area contributed by atoms with E-state index in [1.807, 2.05) is 4.90 Å². The average molecular weight is 487 g/mol. The number of piperazine rings is 1. The minimum Gasteiger partial charge on any atom is -0.348 e. The normalized spacial score (nSPS) is 18.1. The second kappa shape index (κ2) is 10.2. The molecule has 1 unspecified atom stereocenters. The molecule has 1 N–H and O–H groups in total. The molecule has 0 spiro atoms. The Morgan fingerprint density at radius 1 is 1.11 bits per heavy atom. The summed E-state index contributed by atoms with van der Waals surface area (Å²) in [6.07, 6.45) is 6.24. The van der Waals surface area contributed by atoms with Crippen LogP contribution in [-0.4, -0.2) is 56.4 Å². The molecule has 1 aromatic carbocycles. The number of hydrogen-bond donors (Lipinski definition) is 1. The van der Waals surface area contributed by atoms with Crippen LogP contribution in [0.15, 0.2) is 60.0 Å². The van der Waals surface area contributed by atoms with Crippen molar-refractivity contribution in [1.82, 2.24) is 24.3 Å². The Kier molecular flexibility index (Phi) is 6.87. The highest BCUT2D eigenvalue weighted by molar-refractivity contribution is 5.87. The van der Waals surface area contributed by atoms with Gasteiger partial charge in [0.15, 0.2) is 0 Å². The van der Waals surface area contributed by atoms with E-state index in [0.29, 0.717) is 17.6 Å². The van der Waals surface area contributed by atoms with Crippen LogP contribution in [0.5, 0.6) is 0 Å². The lowest BCUT2D eigenvalue weighted by atomic mass is 9.98. The summed E-state index contributed by atoms with van der Waals surface area (Å²) in [4.78, 5) is 37.8. The molecule has 2 atom stereocenters. The van der Waals surface area contributed by atoms with Crippen molar-refractivity contribution < 1.29 is 4.79 Å². The minimum atomic E-state index is -0.00233. The molecule has 1 saturated heterocycles. The third-order valence-corrected chi connectivity index (χ3v) is 7.37. The zero-order valence-corrected chi connectivity index (χ0v) is 21.1. The van der Waals surface area contributed by atoms with Gasteiger partial charge in [0, 0.05) is 55.9 Å². The monoisotopic (exact) mass is 486 g/mol. The Hall–Kier alpha value is -3.52. The van der Waals surface area contributed by atoms with Crippen molar-refractivity contribution in [3.63, 3.8) is 0 Å². The van der Waals surface area contributed by atoms with E-state index in [-0.39, 0.29) is 23.6 Å². The van der Waals surface area contributed by atoms with Crippen LogP contribution in [0.4, 0.5) is 5.95 Å². The third kappa shape index (κ3) is 4.91. The zero-order chi connectivity index (χ0) is 25.2. The predicted octanol–water partition coefficient (Wildman–Crippen LogP) is 4.08. The van der Waals surface area contributed by atoms with Gasteiger partial charge in [0.05, 0.1) is 6.04 Å². The first-order valence-corrected chi connectivity index (χ1v) is 12.9. The first-order chi connectivity index (χ1) is 17.5. The van der Waals surface area contributed by atoms with E-state index in [1.54, 1.807) is 22.9 Å². The third-order valence-electron chi connectivity index (χ3n) is 7.37. The number of hydrogen-bond acceptors (Lipinski definition) is 6. The van der Waals surface area contributed by atoms with Crippen LogP contribution >= 0.6 is 0 Å². The molecule has 1 aliphatic carbocycles. The predicted molar refractivity (Wildman–Crippen MR) is 142 cm³/mol. The molecule has 1 amide bonds. The lowest BCUT2D eigenvalue weighted by Gasteiger charge is -2.39. The van der Waals surface area contributed by atoms with Crippen LogP contribution < -0.4 is 10.9 Å². The van der Waals surface area contributed by atoms with E-state index in [9.17, 15) is 9.59 Å². The molecular weight excluding hydrogens is 452 g/mol. The van der Waals surface area contributed by atoms with Gasteiger partial charge in [0.2, 0.25) is 11.9 Å². The number of nitrogens with zero attached hydrogens (tertiary/aromatic N) is 5. The van der Waals surface area contributed by atoms with Crippen LogP contribution in [0, 0.1) is 0 Å². The Labute approximate surface area is 211 Å². The molecule has 8 heteroatoms. The molecule has 2 fully saturated rings. The topological polar surface area (TPSA) is 83.4 Å². The van der Waals surface area contributed by atoms with E-state index in [2.05, 4.69) is 59.9 Å². The summed E-state index contributed by atoms with van der Waals surface area (Å²) in [5, 5.41) is 4.29. The highest BCUT2D eigenvalue weighted by Crippen LogP contribution is 2.35. The summed E-state index contributed by atoms with van der Waals surface area (Å²) >= 11 is 0. The smallest absolute Gasteiger partial charge is 0.252 e. The van der Waals surface area contributed by atoms with Crippen LogP contribution in [0.1, 0.15) is 62.4 Å². The van der Waals surface area contributed by atoms with Crippen molar-refractivity contribution in [3.8, 4) is 0 Å². The van der Waals surface area contributed by atoms with Crippen LogP contribution in [-0.2, 0) is 4.79 Å². The Morgan fingerprint density at radius 2 is 1.81 bits per heavy atom. The van der Waals surface area contributed by atoms with Gasteiger partial charge in [-0.3, -0.25) is 19.1 Å². The van der Waals surface area contributed by atoms with Gasteiger partial charge in [-0.15, -0.1) is 0 Å². The number of fused-ring (bicyclic) bond motifs is 1. The summed E-state index contributed by atoms with van der Waals surface area (Å²) in [6, 6.07) is 12.7. The Balaban J connectivity index is 1.27. The quantitative estimate of drug-likeness (QED) is 0.483. The lowest BCUT2D eigenvalue weighted by Crippen LogP contribution is -2.49. The van der Waals surface area contributed by atoms with Crippen molar-refractivity contribution in [2.24, 2.45) is 0 Å². The first kappa shape index (κ1) is 24.2. The molecule has 1 aliphatic heterocycles. The molecule has 3 heterocycles. The van der Waals surface area contributed by atoms with Gasteiger partial charge in [-0.1, -0.05) is 37.8 Å². The molecule has 188 valence electrons. The number of amides is 1. The van der Waals surface area contributed by atoms with E-state index in [1.165, 1.54) is 11.6 Å². The van der Waals surface area contributed by atoms with Gasteiger partial charge in [0.25, 0.3) is 5.56 Å². The number of nitrogens with one attached hydrogen (secondary N) is 1. The number of carbonyl (C=O) groups is 1. The number of anilines is 1. The molecule has 36 heavy (non-hydrogen) atoms.